The first-order valence-corrected chi connectivity index (χ1v) is 40.9. The minimum Gasteiger partial charge on any atom is -0.359 e. The molecule has 0 saturated carbocycles. The van der Waals surface area contributed by atoms with E-state index < -0.39 is 95.5 Å². The standard InChI is InChI=1S/C31H29F3N6O4.C31H24N6O3.C30H31F3N6O5/c1-35-25(19-6-3-2-4-7-19)20-10-14-39(15-11-20)28(42)27(41)23-18-36-26-22(23)8-5-9-24(26)38-30(44)37-21-12-16-40(17-13-21)29(43)31(32,33)34;1-32-22-11-13-23(14-12-22)35-31(40)36-26-10-6-9-24-25(19-34-28(24)26)29(38)30(39)37-17-15-21(16-18-37)27(33-2)20-7-4-3-5-8-20;1-18-17-38(26(41)19-6-3-2-4-7-19)14-15-39(18)27(42)25(40)22-16-34-24-21(22)8-5-9-23(24)36-29(44)35-20-10-12-37(13-11-20)28(43)30(31,32)33/h2-9,18,21,36H,10-17H2,(H2,37,38,44);3-14,19,34H,15-18H2,(H2,35,36,40);2-9,16,18,20,34H,10-15,17H2,1H3,(H2,35,36,44)/t;;18-/m..1/s1. The Labute approximate surface area is 728 Å². The normalized spacial score (nSPS) is 15.6. The third-order valence-electron chi connectivity index (χ3n) is 22.7. The average molecular weight is 1750 g/mol. The van der Waals surface area contributed by atoms with E-state index in [0.717, 1.165) is 32.1 Å². The molecule has 3 aromatic heterocycles. The molecule has 656 valence electrons. The molecule has 15 rings (SSSR count). The van der Waals surface area contributed by atoms with Crippen molar-refractivity contribution in [3.63, 3.8) is 0 Å². The second kappa shape index (κ2) is 39.9. The molecule has 5 saturated heterocycles. The molecule has 128 heavy (non-hydrogen) atoms. The third kappa shape index (κ3) is 21.0. The van der Waals surface area contributed by atoms with Gasteiger partial charge in [-0.3, -0.25) is 43.2 Å². The number of likely N-dealkylation sites (tertiary alicyclic amines) is 4. The number of hydrogen-bond acceptors (Lipinski definition) is 12. The van der Waals surface area contributed by atoms with Gasteiger partial charge in [-0.25, -0.2) is 28.9 Å². The quantitative estimate of drug-likeness (QED) is 0.0200. The lowest BCUT2D eigenvalue weighted by atomic mass is 9.97. The molecule has 0 bridgehead atoms. The van der Waals surface area contributed by atoms with E-state index >= 15 is 0 Å². The van der Waals surface area contributed by atoms with Crippen LogP contribution in [0.1, 0.15) is 111 Å². The number of piperazine rings is 1. The van der Waals surface area contributed by atoms with Gasteiger partial charge in [0.25, 0.3) is 41.0 Å². The molecule has 5 aliphatic rings. The molecule has 0 aliphatic carbocycles. The third-order valence-corrected chi connectivity index (χ3v) is 22.7. The molecule has 7 aromatic carbocycles. The molecule has 5 fully saturated rings. The summed E-state index contributed by atoms with van der Waals surface area (Å²) in [5.41, 5.74) is 9.35. The summed E-state index contributed by atoms with van der Waals surface area (Å²) in [6.07, 6.45) is -2.86. The molecular formula is C92H84F6N18O12. The number of para-hydroxylation sites is 3. The van der Waals surface area contributed by atoms with Crippen molar-refractivity contribution in [2.45, 2.75) is 88.8 Å². The first-order valence-electron chi connectivity index (χ1n) is 40.9. The topological polar surface area (TPSA) is 357 Å². The predicted molar refractivity (Wildman–Crippen MR) is 464 cm³/mol. The summed E-state index contributed by atoms with van der Waals surface area (Å²) in [4.78, 5) is 180. The fourth-order valence-electron chi connectivity index (χ4n) is 16.0. The van der Waals surface area contributed by atoms with E-state index in [1.165, 1.54) is 33.3 Å². The minimum atomic E-state index is -4.94. The van der Waals surface area contributed by atoms with Crippen LogP contribution in [0.25, 0.3) is 58.6 Å². The number of hydrogen-bond donors (Lipinski definition) is 9. The fourth-order valence-corrected chi connectivity index (χ4v) is 16.0. The van der Waals surface area contributed by atoms with Gasteiger partial charge in [-0.1, -0.05) is 139 Å². The number of H-pyrrole nitrogens is 3. The van der Waals surface area contributed by atoms with Gasteiger partial charge in [0, 0.05) is 136 Å². The molecule has 0 radical (unpaired) electrons. The Bertz CT molecular complexity index is 6130. The zero-order valence-corrected chi connectivity index (χ0v) is 68.8. The molecule has 0 unspecified atom stereocenters. The van der Waals surface area contributed by atoms with Crippen LogP contribution in [0.2, 0.25) is 0 Å². The molecule has 1 atom stereocenters. The van der Waals surface area contributed by atoms with E-state index in [2.05, 4.69) is 61.4 Å². The van der Waals surface area contributed by atoms with Crippen LogP contribution in [-0.4, -0.2) is 218 Å². The van der Waals surface area contributed by atoms with Gasteiger partial charge in [0.05, 0.1) is 70.0 Å². The number of anilines is 4. The van der Waals surface area contributed by atoms with E-state index in [4.69, 9.17) is 19.7 Å². The van der Waals surface area contributed by atoms with Crippen molar-refractivity contribution >= 4 is 143 Å². The number of urea groups is 3. The average Bonchev–Trinajstić information content (AvgIpc) is 1.61. The maximum absolute atomic E-state index is 13.3. The van der Waals surface area contributed by atoms with Gasteiger partial charge < -0.3 is 76.3 Å². The van der Waals surface area contributed by atoms with Gasteiger partial charge in [-0.05, 0) is 112 Å². The molecule has 36 heteroatoms. The Morgan fingerprint density at radius 1 is 0.383 bits per heavy atom. The van der Waals surface area contributed by atoms with E-state index in [1.54, 1.807) is 115 Å². The lowest BCUT2D eigenvalue weighted by Gasteiger charge is -2.39. The Morgan fingerprint density at radius 3 is 1.09 bits per heavy atom. The van der Waals surface area contributed by atoms with Gasteiger partial charge >= 0.3 is 42.3 Å². The number of nitrogens with zero attached hydrogens (tertiary/aromatic N) is 9. The van der Waals surface area contributed by atoms with Gasteiger partial charge in [0.1, 0.15) is 0 Å². The van der Waals surface area contributed by atoms with Crippen LogP contribution in [0.15, 0.2) is 200 Å². The number of nitrogens with one attached hydrogen (secondary N) is 9. The number of aromatic amines is 3. The van der Waals surface area contributed by atoms with E-state index in [-0.39, 0.29) is 94.1 Å². The van der Waals surface area contributed by atoms with E-state index in [1.807, 2.05) is 66.7 Å². The number of benzene rings is 7. The number of rotatable bonds is 15. The van der Waals surface area contributed by atoms with Crippen molar-refractivity contribution in [2.24, 2.45) is 0 Å². The Kier molecular flexibility index (Phi) is 28.1. The zero-order chi connectivity index (χ0) is 91.1. The molecule has 9 N–H and O–H groups in total. The first kappa shape index (κ1) is 90.1. The Morgan fingerprint density at radius 2 is 0.742 bits per heavy atom. The number of fused-ring (bicyclic) bond motifs is 3. The van der Waals surface area contributed by atoms with Crippen LogP contribution < -0.4 is 31.9 Å². The maximum atomic E-state index is 13.3. The second-order valence-electron chi connectivity index (χ2n) is 30.8. The van der Waals surface area contributed by atoms with Crippen LogP contribution in [0.5, 0.6) is 0 Å². The van der Waals surface area contributed by atoms with Crippen LogP contribution in [0.4, 0.5) is 69.2 Å². The SMILES string of the molecule is C[C@@H]1CN(C(=O)c2ccccc2)CCN1C(=O)C(=O)c1c[nH]c2c(NC(=O)NC3CCN(C(=O)C(F)(F)F)CC3)cccc12.[C-]#[N+]C(=C1CCN(C(=O)C(=O)c2c[nH]c3c(NC(=O)NC4CCN(C(=O)C(F)(F)F)CC4)cccc23)CC1)c1ccccc1.[C-]#[N+]C(=C1CCN(C(=O)C(=O)c2c[nH]c3c(NC(=O)Nc4ccc([N+]#[C-])cc4)cccc23)CC1)c1ccccc1. The van der Waals surface area contributed by atoms with Gasteiger partial charge in [-0.2, -0.15) is 26.3 Å². The summed E-state index contributed by atoms with van der Waals surface area (Å²) in [6, 6.07) is 46.1. The van der Waals surface area contributed by atoms with Crippen LogP contribution >= 0.6 is 0 Å². The molecule has 0 spiro atoms. The Hall–Kier alpha value is -15.7. The zero-order valence-electron chi connectivity index (χ0n) is 68.8. The molecule has 5 aliphatic heterocycles. The van der Waals surface area contributed by atoms with Crippen LogP contribution in [-0.2, 0) is 24.0 Å². The Balaban J connectivity index is 0.000000164. The van der Waals surface area contributed by atoms with Gasteiger partial charge in [0.15, 0.2) is 17.1 Å². The summed E-state index contributed by atoms with van der Waals surface area (Å²) >= 11 is 0. The van der Waals surface area contributed by atoms with Crippen LogP contribution in [0, 0.1) is 19.7 Å². The second-order valence-corrected chi connectivity index (χ2v) is 30.8. The summed E-state index contributed by atoms with van der Waals surface area (Å²) in [6.45, 7) is 25.6. The van der Waals surface area contributed by atoms with Gasteiger partial charge in [0.2, 0.25) is 0 Å². The fraction of sp³-hybridized carbons (Fsp3) is 0.272. The highest BCUT2D eigenvalue weighted by molar-refractivity contribution is 6.46. The number of ketones is 3. The molecule has 10 aromatic rings. The van der Waals surface area contributed by atoms with Crippen molar-refractivity contribution < 1.29 is 83.9 Å². The largest absolute Gasteiger partial charge is 0.471 e. The number of carbonyl (C=O) groups excluding carboxylic acids is 12. The number of aromatic nitrogens is 3. The van der Waals surface area contributed by atoms with Crippen molar-refractivity contribution in [1.82, 2.24) is 55.0 Å². The number of piperidine rings is 4. The molecule has 12 amide bonds. The molecular weight excluding hydrogens is 1660 g/mol. The highest BCUT2D eigenvalue weighted by Crippen LogP contribution is 2.35. The number of Topliss-reactive ketones (excluding diaryl/α,β-unsaturated/α-hetero) is 3. The number of carbonyl (C=O) groups is 12. The first-order chi connectivity index (χ1) is 61.5. The number of halogens is 6. The monoisotopic (exact) mass is 1750 g/mol. The van der Waals surface area contributed by atoms with Crippen LogP contribution in [0.3, 0.4) is 0 Å². The molecule has 8 heterocycles. The van der Waals surface area contributed by atoms with Crippen molar-refractivity contribution in [3.8, 4) is 0 Å². The summed E-state index contributed by atoms with van der Waals surface area (Å²) in [5.74, 6) is -7.92. The predicted octanol–water partition coefficient (Wildman–Crippen LogP) is 14.9. The highest BCUT2D eigenvalue weighted by Gasteiger charge is 2.45. The number of alkyl halides is 6. The smallest absolute Gasteiger partial charge is 0.359 e. The van der Waals surface area contributed by atoms with E-state index in [0.29, 0.717) is 130 Å². The molecule has 30 nitrogen and oxygen atoms in total. The lowest BCUT2D eigenvalue weighted by molar-refractivity contribution is -0.186. The van der Waals surface area contributed by atoms with Crippen molar-refractivity contribution in [1.29, 1.82) is 0 Å². The minimum absolute atomic E-state index is 0.128. The summed E-state index contributed by atoms with van der Waals surface area (Å²) < 4.78 is 76.1. The summed E-state index contributed by atoms with van der Waals surface area (Å²) in [5, 5.41) is 17.7. The number of amides is 12. The highest BCUT2D eigenvalue weighted by atomic mass is 19.4. The van der Waals surface area contributed by atoms with Crippen molar-refractivity contribution in [2.75, 3.05) is 93.3 Å². The summed E-state index contributed by atoms with van der Waals surface area (Å²) in [7, 11) is 0. The van der Waals surface area contributed by atoms with E-state index in [9.17, 15) is 83.9 Å². The van der Waals surface area contributed by atoms with Crippen molar-refractivity contribution in [3.05, 3.63) is 267 Å². The maximum Gasteiger partial charge on any atom is 0.471 e. The lowest BCUT2D eigenvalue weighted by Crippen LogP contribution is -2.56. The van der Waals surface area contributed by atoms with Gasteiger partial charge in [-0.15, -0.1) is 0 Å².